The maximum atomic E-state index is 11.7. The Labute approximate surface area is 108 Å². The highest BCUT2D eigenvalue weighted by molar-refractivity contribution is 5.72. The van der Waals surface area contributed by atoms with Crippen LogP contribution < -0.4 is 0 Å². The number of ether oxygens (including phenoxy) is 1. The molecular weight excluding hydrogens is 228 g/mol. The van der Waals surface area contributed by atoms with E-state index in [1.165, 1.54) is 5.56 Å². The van der Waals surface area contributed by atoms with Crippen LogP contribution in [0.25, 0.3) is 0 Å². The molecule has 98 valence electrons. The third-order valence-corrected chi connectivity index (χ3v) is 3.28. The van der Waals surface area contributed by atoms with Gasteiger partial charge in [0.05, 0.1) is 12.5 Å². The summed E-state index contributed by atoms with van der Waals surface area (Å²) in [7, 11) is 0. The van der Waals surface area contributed by atoms with Crippen LogP contribution in [0, 0.1) is 5.92 Å². The summed E-state index contributed by atoms with van der Waals surface area (Å²) >= 11 is 0. The monoisotopic (exact) mass is 248 g/mol. The van der Waals surface area contributed by atoms with E-state index < -0.39 is 0 Å². The molecule has 1 aliphatic rings. The van der Waals surface area contributed by atoms with Gasteiger partial charge in [0.15, 0.2) is 0 Å². The lowest BCUT2D eigenvalue weighted by Crippen LogP contribution is -2.38. The normalized spacial score (nSPS) is 20.6. The Morgan fingerprint density at radius 2 is 2.28 bits per heavy atom. The van der Waals surface area contributed by atoms with E-state index in [9.17, 15) is 4.79 Å². The maximum absolute atomic E-state index is 11.7. The van der Waals surface area contributed by atoms with Crippen molar-refractivity contribution in [1.82, 2.24) is 9.88 Å². The van der Waals surface area contributed by atoms with Crippen molar-refractivity contribution in [1.29, 1.82) is 0 Å². The number of carbonyl (C=O) groups excluding carboxylic acids is 1. The second-order valence-electron chi connectivity index (χ2n) is 4.68. The molecule has 0 spiro atoms. The molecule has 0 unspecified atom stereocenters. The van der Waals surface area contributed by atoms with Crippen LogP contribution in [0.2, 0.25) is 0 Å². The van der Waals surface area contributed by atoms with Gasteiger partial charge in [-0.05, 0) is 44.0 Å². The first kappa shape index (κ1) is 13.0. The molecule has 0 aliphatic carbocycles. The first-order valence-corrected chi connectivity index (χ1v) is 6.57. The number of likely N-dealkylation sites (tertiary alicyclic amines) is 1. The molecule has 0 aromatic carbocycles. The summed E-state index contributed by atoms with van der Waals surface area (Å²) in [6.07, 6.45) is 5.63. The number of nitrogens with zero attached hydrogens (tertiary/aromatic N) is 2. The lowest BCUT2D eigenvalue weighted by atomic mass is 9.98. The zero-order chi connectivity index (χ0) is 12.8. The summed E-state index contributed by atoms with van der Waals surface area (Å²) in [4.78, 5) is 18.1. The van der Waals surface area contributed by atoms with Gasteiger partial charge < -0.3 is 4.74 Å². The predicted octanol–water partition coefficient (Wildman–Crippen LogP) is 1.86. The Kier molecular flexibility index (Phi) is 4.70. The Hall–Kier alpha value is -1.42. The van der Waals surface area contributed by atoms with Crippen molar-refractivity contribution >= 4 is 5.97 Å². The van der Waals surface area contributed by atoms with E-state index in [4.69, 9.17) is 4.74 Å². The number of piperidine rings is 1. The van der Waals surface area contributed by atoms with E-state index in [1.807, 2.05) is 31.5 Å². The van der Waals surface area contributed by atoms with E-state index in [2.05, 4.69) is 9.88 Å². The van der Waals surface area contributed by atoms with Crippen molar-refractivity contribution in [3.05, 3.63) is 30.1 Å². The van der Waals surface area contributed by atoms with Gasteiger partial charge in [0.2, 0.25) is 0 Å². The molecule has 2 heterocycles. The Bertz CT molecular complexity index is 381. The zero-order valence-electron chi connectivity index (χ0n) is 10.8. The molecule has 1 aliphatic heterocycles. The Morgan fingerprint density at radius 3 is 3.00 bits per heavy atom. The molecule has 1 saturated heterocycles. The summed E-state index contributed by atoms with van der Waals surface area (Å²) in [5.41, 5.74) is 1.24. The molecule has 1 aromatic heterocycles. The highest BCUT2D eigenvalue weighted by atomic mass is 16.5. The number of pyridine rings is 1. The zero-order valence-corrected chi connectivity index (χ0v) is 10.8. The minimum atomic E-state index is -0.0445. The second-order valence-corrected chi connectivity index (χ2v) is 4.68. The fourth-order valence-corrected chi connectivity index (χ4v) is 2.40. The number of rotatable bonds is 4. The molecule has 4 nitrogen and oxygen atoms in total. The Morgan fingerprint density at radius 1 is 1.50 bits per heavy atom. The molecule has 1 aromatic rings. The van der Waals surface area contributed by atoms with Crippen molar-refractivity contribution in [2.24, 2.45) is 5.92 Å². The van der Waals surface area contributed by atoms with Crippen LogP contribution in [0.1, 0.15) is 25.3 Å². The summed E-state index contributed by atoms with van der Waals surface area (Å²) in [6.45, 7) is 5.08. The number of carbonyl (C=O) groups is 1. The van der Waals surface area contributed by atoms with Gasteiger partial charge in [0.1, 0.15) is 0 Å². The van der Waals surface area contributed by atoms with Crippen LogP contribution in [0.5, 0.6) is 0 Å². The number of hydrogen-bond acceptors (Lipinski definition) is 4. The molecule has 0 bridgehead atoms. The van der Waals surface area contributed by atoms with E-state index in [1.54, 1.807) is 0 Å². The van der Waals surface area contributed by atoms with E-state index in [0.29, 0.717) is 6.61 Å². The minimum Gasteiger partial charge on any atom is -0.466 e. The fourth-order valence-electron chi connectivity index (χ4n) is 2.40. The van der Waals surface area contributed by atoms with Crippen molar-refractivity contribution in [2.45, 2.75) is 26.3 Å². The van der Waals surface area contributed by atoms with Crippen LogP contribution in [0.15, 0.2) is 24.5 Å². The first-order chi connectivity index (χ1) is 8.79. The van der Waals surface area contributed by atoms with Gasteiger partial charge in [0.25, 0.3) is 0 Å². The van der Waals surface area contributed by atoms with Crippen LogP contribution in [-0.2, 0) is 16.1 Å². The Balaban J connectivity index is 1.89. The molecule has 0 N–H and O–H groups in total. The summed E-state index contributed by atoms with van der Waals surface area (Å²) < 4.78 is 5.10. The molecule has 0 radical (unpaired) electrons. The minimum absolute atomic E-state index is 0.0422. The second kappa shape index (κ2) is 6.50. The molecule has 1 atom stereocenters. The maximum Gasteiger partial charge on any atom is 0.310 e. The van der Waals surface area contributed by atoms with Gasteiger partial charge in [0, 0.05) is 25.5 Å². The van der Waals surface area contributed by atoms with E-state index in [-0.39, 0.29) is 11.9 Å². The molecule has 18 heavy (non-hydrogen) atoms. The SMILES string of the molecule is CCOC(=O)[C@H]1CCCN(Cc2ccncc2)C1. The highest BCUT2D eigenvalue weighted by Crippen LogP contribution is 2.19. The summed E-state index contributed by atoms with van der Waals surface area (Å²) in [6, 6.07) is 4.04. The van der Waals surface area contributed by atoms with E-state index in [0.717, 1.165) is 32.5 Å². The molecule has 0 amide bonds. The van der Waals surface area contributed by atoms with Crippen molar-refractivity contribution in [3.8, 4) is 0 Å². The van der Waals surface area contributed by atoms with Gasteiger partial charge in [-0.25, -0.2) is 0 Å². The smallest absolute Gasteiger partial charge is 0.310 e. The highest BCUT2D eigenvalue weighted by Gasteiger charge is 2.26. The van der Waals surface area contributed by atoms with Crippen LogP contribution in [-0.4, -0.2) is 35.5 Å². The van der Waals surface area contributed by atoms with Crippen molar-refractivity contribution in [3.63, 3.8) is 0 Å². The average molecular weight is 248 g/mol. The molecule has 4 heteroatoms. The quantitative estimate of drug-likeness (QED) is 0.763. The van der Waals surface area contributed by atoms with Crippen LogP contribution in [0.3, 0.4) is 0 Å². The van der Waals surface area contributed by atoms with Gasteiger partial charge in [-0.2, -0.15) is 0 Å². The summed E-state index contributed by atoms with van der Waals surface area (Å²) in [5.74, 6) is -0.00235. The van der Waals surface area contributed by atoms with Gasteiger partial charge >= 0.3 is 5.97 Å². The molecule has 0 saturated carbocycles. The van der Waals surface area contributed by atoms with Crippen LogP contribution >= 0.6 is 0 Å². The van der Waals surface area contributed by atoms with Gasteiger partial charge in [-0.1, -0.05) is 0 Å². The lowest BCUT2D eigenvalue weighted by Gasteiger charge is -2.31. The van der Waals surface area contributed by atoms with Gasteiger partial charge in [-0.15, -0.1) is 0 Å². The van der Waals surface area contributed by atoms with Crippen LogP contribution in [0.4, 0.5) is 0 Å². The fraction of sp³-hybridized carbons (Fsp3) is 0.571. The summed E-state index contributed by atoms with van der Waals surface area (Å²) in [5, 5.41) is 0. The number of esters is 1. The molecule has 1 fully saturated rings. The first-order valence-electron chi connectivity index (χ1n) is 6.57. The largest absolute Gasteiger partial charge is 0.466 e. The molecular formula is C14H20N2O2. The standard InChI is InChI=1S/C14H20N2O2/c1-2-18-14(17)13-4-3-9-16(11-13)10-12-5-7-15-8-6-12/h5-8,13H,2-4,9-11H2,1H3/t13-/m0/s1. The number of aromatic nitrogens is 1. The third kappa shape index (κ3) is 3.53. The molecule has 2 rings (SSSR count). The van der Waals surface area contributed by atoms with E-state index >= 15 is 0 Å². The van der Waals surface area contributed by atoms with Crippen molar-refractivity contribution in [2.75, 3.05) is 19.7 Å². The number of hydrogen-bond donors (Lipinski definition) is 0. The predicted molar refractivity (Wildman–Crippen MR) is 68.9 cm³/mol. The average Bonchev–Trinajstić information content (AvgIpc) is 2.40. The lowest BCUT2D eigenvalue weighted by molar-refractivity contribution is -0.150. The third-order valence-electron chi connectivity index (χ3n) is 3.28. The van der Waals surface area contributed by atoms with Gasteiger partial charge in [-0.3, -0.25) is 14.7 Å². The van der Waals surface area contributed by atoms with Crippen molar-refractivity contribution < 1.29 is 9.53 Å². The topological polar surface area (TPSA) is 42.4 Å².